The maximum Gasteiger partial charge on any atom is 0.257 e. The smallest absolute Gasteiger partial charge is 0.257 e. The minimum absolute atomic E-state index is 0.162. The molecule has 2 aliphatic rings. The van der Waals surface area contributed by atoms with Crippen molar-refractivity contribution in [3.63, 3.8) is 0 Å². The maximum absolute atomic E-state index is 12.0. The molecule has 2 N–H and O–H groups in total. The van der Waals surface area contributed by atoms with Crippen molar-refractivity contribution in [1.82, 2.24) is 0 Å². The Labute approximate surface area is 131 Å². The first kappa shape index (κ1) is 13.0. The van der Waals surface area contributed by atoms with Crippen LogP contribution in [0.1, 0.15) is 5.56 Å². The van der Waals surface area contributed by atoms with Gasteiger partial charge in [-0.15, -0.1) is 0 Å². The lowest BCUT2D eigenvalue weighted by Gasteiger charge is -2.04. The summed E-state index contributed by atoms with van der Waals surface area (Å²) in [5.74, 6) is 1.24. The number of benzene rings is 2. The second-order valence-electron chi connectivity index (χ2n) is 4.91. The molecule has 0 aliphatic carbocycles. The van der Waals surface area contributed by atoms with Gasteiger partial charge in [0.1, 0.15) is 0 Å². The topological polar surface area (TPSA) is 59.6 Å². The van der Waals surface area contributed by atoms with Crippen molar-refractivity contribution in [2.75, 3.05) is 17.4 Å². The molecule has 2 aromatic rings. The van der Waals surface area contributed by atoms with Crippen LogP contribution in [0, 0.1) is 0 Å². The summed E-state index contributed by atoms with van der Waals surface area (Å²) in [5.41, 5.74) is 2.88. The summed E-state index contributed by atoms with van der Waals surface area (Å²) in [6.45, 7) is 0.230. The standard InChI is InChI=1S/C16H11ClN2O3/c17-9-1-3-13-11(5-9)12(16(20)19-13)7-18-10-2-4-14-15(6-10)22-8-21-14/h1-7,18H,8H2,(H,19,20). The molecular weight excluding hydrogens is 304 g/mol. The Balaban J connectivity index is 1.64. The number of rotatable bonds is 2. The number of halogens is 1. The van der Waals surface area contributed by atoms with E-state index in [4.69, 9.17) is 21.1 Å². The Morgan fingerprint density at radius 1 is 1.14 bits per heavy atom. The lowest BCUT2D eigenvalue weighted by Crippen LogP contribution is -2.05. The molecule has 2 heterocycles. The molecule has 0 saturated heterocycles. The molecule has 22 heavy (non-hydrogen) atoms. The zero-order valence-electron chi connectivity index (χ0n) is 11.4. The minimum Gasteiger partial charge on any atom is -0.454 e. The normalized spacial score (nSPS) is 16.6. The Morgan fingerprint density at radius 3 is 2.91 bits per heavy atom. The fourth-order valence-electron chi connectivity index (χ4n) is 2.45. The number of hydrogen-bond donors (Lipinski definition) is 2. The first-order chi connectivity index (χ1) is 10.7. The fraction of sp³-hybridized carbons (Fsp3) is 0.0625. The average molecular weight is 315 g/mol. The molecule has 0 radical (unpaired) electrons. The molecule has 5 nitrogen and oxygen atoms in total. The summed E-state index contributed by atoms with van der Waals surface area (Å²) in [6, 6.07) is 10.8. The van der Waals surface area contributed by atoms with Crippen molar-refractivity contribution in [1.29, 1.82) is 0 Å². The van der Waals surface area contributed by atoms with Crippen molar-refractivity contribution >= 4 is 34.5 Å². The van der Waals surface area contributed by atoms with Gasteiger partial charge in [-0.05, 0) is 30.3 Å². The van der Waals surface area contributed by atoms with Crippen LogP contribution in [0.3, 0.4) is 0 Å². The SMILES string of the molecule is O=C1Nc2ccc(Cl)cc2C1=CNc1ccc2c(c1)OCO2. The van der Waals surface area contributed by atoms with E-state index in [-0.39, 0.29) is 12.7 Å². The first-order valence-electron chi connectivity index (χ1n) is 6.68. The highest BCUT2D eigenvalue weighted by atomic mass is 35.5. The average Bonchev–Trinajstić information content (AvgIpc) is 3.08. The van der Waals surface area contributed by atoms with Crippen LogP contribution in [0.15, 0.2) is 42.6 Å². The van der Waals surface area contributed by atoms with Gasteiger partial charge in [0, 0.05) is 34.2 Å². The van der Waals surface area contributed by atoms with Crippen LogP contribution in [0.25, 0.3) is 5.57 Å². The second kappa shape index (κ2) is 4.96. The molecule has 2 aliphatic heterocycles. The monoisotopic (exact) mass is 314 g/mol. The van der Waals surface area contributed by atoms with Crippen molar-refractivity contribution in [3.05, 3.63) is 53.2 Å². The molecule has 0 unspecified atom stereocenters. The largest absolute Gasteiger partial charge is 0.454 e. The number of ether oxygens (including phenoxy) is 2. The van der Waals surface area contributed by atoms with Crippen LogP contribution in [-0.2, 0) is 4.79 Å². The van der Waals surface area contributed by atoms with Gasteiger partial charge in [-0.2, -0.15) is 0 Å². The number of amides is 1. The summed E-state index contributed by atoms with van der Waals surface area (Å²) < 4.78 is 10.6. The van der Waals surface area contributed by atoms with E-state index in [1.807, 2.05) is 18.2 Å². The van der Waals surface area contributed by atoms with Gasteiger partial charge < -0.3 is 20.1 Å². The van der Waals surface area contributed by atoms with Crippen LogP contribution in [0.5, 0.6) is 11.5 Å². The zero-order chi connectivity index (χ0) is 15.1. The van der Waals surface area contributed by atoms with Crippen LogP contribution in [0.2, 0.25) is 5.02 Å². The highest BCUT2D eigenvalue weighted by Crippen LogP contribution is 2.36. The third-order valence-corrected chi connectivity index (χ3v) is 3.76. The van der Waals surface area contributed by atoms with Gasteiger partial charge in [0.2, 0.25) is 6.79 Å². The lowest BCUT2D eigenvalue weighted by atomic mass is 10.1. The van der Waals surface area contributed by atoms with E-state index in [9.17, 15) is 4.79 Å². The van der Waals surface area contributed by atoms with Crippen LogP contribution in [0.4, 0.5) is 11.4 Å². The third kappa shape index (κ3) is 2.16. The minimum atomic E-state index is -0.162. The van der Waals surface area contributed by atoms with Crippen molar-refractivity contribution in [3.8, 4) is 11.5 Å². The van der Waals surface area contributed by atoms with Gasteiger partial charge in [-0.25, -0.2) is 0 Å². The highest BCUT2D eigenvalue weighted by molar-refractivity contribution is 6.34. The maximum atomic E-state index is 12.0. The summed E-state index contributed by atoms with van der Waals surface area (Å²) >= 11 is 6.00. The Hall–Kier alpha value is -2.66. The number of nitrogens with one attached hydrogen (secondary N) is 2. The molecule has 0 atom stereocenters. The molecule has 110 valence electrons. The van der Waals surface area contributed by atoms with Crippen molar-refractivity contribution < 1.29 is 14.3 Å². The van der Waals surface area contributed by atoms with Gasteiger partial charge in [-0.1, -0.05) is 11.6 Å². The van der Waals surface area contributed by atoms with E-state index in [0.29, 0.717) is 22.1 Å². The molecule has 0 aromatic heterocycles. The summed E-state index contributed by atoms with van der Waals surface area (Å²) in [6.07, 6.45) is 1.66. The summed E-state index contributed by atoms with van der Waals surface area (Å²) in [4.78, 5) is 12.0. The number of carbonyl (C=O) groups is 1. The summed E-state index contributed by atoms with van der Waals surface area (Å²) in [7, 11) is 0. The molecule has 0 spiro atoms. The Kier molecular flexibility index (Phi) is 2.94. The van der Waals surface area contributed by atoms with E-state index in [0.717, 1.165) is 16.9 Å². The van der Waals surface area contributed by atoms with Gasteiger partial charge in [0.05, 0.1) is 5.57 Å². The van der Waals surface area contributed by atoms with Crippen molar-refractivity contribution in [2.24, 2.45) is 0 Å². The highest BCUT2D eigenvalue weighted by Gasteiger charge is 2.24. The van der Waals surface area contributed by atoms with Gasteiger partial charge in [0.15, 0.2) is 11.5 Å². The van der Waals surface area contributed by atoms with Gasteiger partial charge in [-0.3, -0.25) is 4.79 Å². The molecule has 0 bridgehead atoms. The fourth-order valence-corrected chi connectivity index (χ4v) is 2.62. The van der Waals surface area contributed by atoms with E-state index in [2.05, 4.69) is 10.6 Å². The van der Waals surface area contributed by atoms with Crippen molar-refractivity contribution in [2.45, 2.75) is 0 Å². The zero-order valence-corrected chi connectivity index (χ0v) is 12.1. The molecule has 0 fully saturated rings. The van der Waals surface area contributed by atoms with E-state index >= 15 is 0 Å². The first-order valence-corrected chi connectivity index (χ1v) is 7.06. The Bertz CT molecular complexity index is 817. The van der Waals surface area contributed by atoms with E-state index in [1.54, 1.807) is 24.4 Å². The van der Waals surface area contributed by atoms with Gasteiger partial charge >= 0.3 is 0 Å². The number of anilines is 2. The summed E-state index contributed by atoms with van der Waals surface area (Å²) in [5, 5.41) is 6.49. The quantitative estimate of drug-likeness (QED) is 0.833. The molecular formula is C16H11ClN2O3. The number of carbonyl (C=O) groups excluding carboxylic acids is 1. The molecule has 0 saturated carbocycles. The molecule has 2 aromatic carbocycles. The predicted molar refractivity (Wildman–Crippen MR) is 84.2 cm³/mol. The van der Waals surface area contributed by atoms with Crippen LogP contribution >= 0.6 is 11.6 Å². The molecule has 6 heteroatoms. The number of fused-ring (bicyclic) bond motifs is 2. The molecule has 4 rings (SSSR count). The van der Waals surface area contributed by atoms with Crippen LogP contribution < -0.4 is 20.1 Å². The molecule has 1 amide bonds. The van der Waals surface area contributed by atoms with E-state index < -0.39 is 0 Å². The Morgan fingerprint density at radius 2 is 2.00 bits per heavy atom. The van der Waals surface area contributed by atoms with Gasteiger partial charge in [0.25, 0.3) is 5.91 Å². The predicted octanol–water partition coefficient (Wildman–Crippen LogP) is 3.47. The number of hydrogen-bond acceptors (Lipinski definition) is 4. The lowest BCUT2D eigenvalue weighted by molar-refractivity contribution is -0.110. The third-order valence-electron chi connectivity index (χ3n) is 3.52. The van der Waals surface area contributed by atoms with Crippen LogP contribution in [-0.4, -0.2) is 12.7 Å². The second-order valence-corrected chi connectivity index (χ2v) is 5.35. The van der Waals surface area contributed by atoms with E-state index in [1.165, 1.54) is 0 Å².